The first-order valence-corrected chi connectivity index (χ1v) is 2.96. The molecule has 1 fully saturated rings. The van der Waals surface area contributed by atoms with Crippen molar-refractivity contribution in [3.63, 3.8) is 0 Å². The van der Waals surface area contributed by atoms with Crippen LogP contribution < -0.4 is 5.32 Å². The number of rotatable bonds is 0. The average Bonchev–Trinajstić information content (AvgIpc) is 1.90. The van der Waals surface area contributed by atoms with Gasteiger partial charge in [-0.15, -0.1) is 0 Å². The molecule has 0 aliphatic carbocycles. The largest absolute Gasteiger partial charge is 0.516 e. The molecule has 2 nitrogen and oxygen atoms in total. The fourth-order valence-corrected chi connectivity index (χ4v) is 0.888. The summed E-state index contributed by atoms with van der Waals surface area (Å²) in [5.74, 6) is 0. The quantitative estimate of drug-likeness (QED) is 0.456. The van der Waals surface area contributed by atoms with Crippen molar-refractivity contribution in [1.29, 1.82) is 0 Å². The molecule has 0 bridgehead atoms. The van der Waals surface area contributed by atoms with Crippen LogP contribution in [0.2, 0.25) is 0 Å². The maximum absolute atomic E-state index is 8.49. The van der Waals surface area contributed by atoms with E-state index in [1.54, 1.807) is 0 Å². The standard InChI is InChI=1S/C6H11NO/c8-5-6-2-1-3-7-4-6/h5,7-8H,1-4H2. The molecule has 0 radical (unpaired) electrons. The van der Waals surface area contributed by atoms with Crippen LogP contribution in [-0.4, -0.2) is 18.2 Å². The Bertz CT molecular complexity index is 90.7. The van der Waals surface area contributed by atoms with Crippen LogP contribution in [0.15, 0.2) is 11.8 Å². The highest BCUT2D eigenvalue weighted by Gasteiger charge is 2.02. The maximum Gasteiger partial charge on any atom is 0.0796 e. The van der Waals surface area contributed by atoms with Crippen molar-refractivity contribution in [2.75, 3.05) is 13.1 Å². The second kappa shape index (κ2) is 2.72. The van der Waals surface area contributed by atoms with E-state index in [1.807, 2.05) is 0 Å². The fourth-order valence-electron chi connectivity index (χ4n) is 0.888. The summed E-state index contributed by atoms with van der Waals surface area (Å²) in [5.41, 5.74) is 1.12. The molecule has 1 aliphatic heterocycles. The molecule has 0 aromatic rings. The number of piperidine rings is 1. The zero-order chi connectivity index (χ0) is 5.82. The van der Waals surface area contributed by atoms with E-state index in [0.717, 1.165) is 31.5 Å². The molecule has 0 aromatic carbocycles. The van der Waals surface area contributed by atoms with Gasteiger partial charge in [-0.05, 0) is 25.0 Å². The molecular weight excluding hydrogens is 102 g/mol. The second-order valence-corrected chi connectivity index (χ2v) is 2.07. The first-order chi connectivity index (χ1) is 3.93. The van der Waals surface area contributed by atoms with Gasteiger partial charge in [0.15, 0.2) is 0 Å². The molecule has 1 aliphatic rings. The van der Waals surface area contributed by atoms with Crippen molar-refractivity contribution in [3.8, 4) is 0 Å². The summed E-state index contributed by atoms with van der Waals surface area (Å²) in [6, 6.07) is 0. The third-order valence-electron chi connectivity index (χ3n) is 1.39. The van der Waals surface area contributed by atoms with Gasteiger partial charge in [-0.3, -0.25) is 0 Å². The van der Waals surface area contributed by atoms with Crippen LogP contribution in [-0.2, 0) is 0 Å². The molecule has 0 saturated carbocycles. The Morgan fingerprint density at radius 1 is 1.62 bits per heavy atom. The van der Waals surface area contributed by atoms with Gasteiger partial charge in [0, 0.05) is 6.54 Å². The summed E-state index contributed by atoms with van der Waals surface area (Å²) in [6.45, 7) is 1.97. The van der Waals surface area contributed by atoms with E-state index in [2.05, 4.69) is 5.32 Å². The molecule has 0 amide bonds. The molecule has 0 atom stereocenters. The fraction of sp³-hybridized carbons (Fsp3) is 0.667. The van der Waals surface area contributed by atoms with Gasteiger partial charge in [-0.2, -0.15) is 0 Å². The van der Waals surface area contributed by atoms with Crippen molar-refractivity contribution in [1.82, 2.24) is 5.32 Å². The third-order valence-corrected chi connectivity index (χ3v) is 1.39. The van der Waals surface area contributed by atoms with Crippen molar-refractivity contribution >= 4 is 0 Å². The molecule has 1 rings (SSSR count). The topological polar surface area (TPSA) is 32.3 Å². The highest BCUT2D eigenvalue weighted by atomic mass is 16.2. The zero-order valence-electron chi connectivity index (χ0n) is 4.85. The van der Waals surface area contributed by atoms with E-state index in [-0.39, 0.29) is 0 Å². The van der Waals surface area contributed by atoms with Crippen LogP contribution >= 0.6 is 0 Å². The first-order valence-electron chi connectivity index (χ1n) is 2.96. The maximum atomic E-state index is 8.49. The summed E-state index contributed by atoms with van der Waals surface area (Å²) >= 11 is 0. The Balaban J connectivity index is 2.33. The SMILES string of the molecule is OC=C1CCCNC1. The van der Waals surface area contributed by atoms with Crippen LogP contribution in [0.25, 0.3) is 0 Å². The Morgan fingerprint density at radius 3 is 2.88 bits per heavy atom. The van der Waals surface area contributed by atoms with E-state index in [0.29, 0.717) is 0 Å². The summed E-state index contributed by atoms with van der Waals surface area (Å²) in [7, 11) is 0. The molecule has 1 saturated heterocycles. The molecule has 1 heterocycles. The smallest absolute Gasteiger partial charge is 0.0796 e. The highest BCUT2D eigenvalue weighted by Crippen LogP contribution is 2.05. The lowest BCUT2D eigenvalue weighted by Crippen LogP contribution is -2.23. The lowest BCUT2D eigenvalue weighted by Gasteiger charge is -2.12. The van der Waals surface area contributed by atoms with E-state index >= 15 is 0 Å². The highest BCUT2D eigenvalue weighted by molar-refractivity contribution is 5.01. The predicted molar refractivity (Wildman–Crippen MR) is 32.8 cm³/mol. The van der Waals surface area contributed by atoms with Crippen molar-refractivity contribution in [2.45, 2.75) is 12.8 Å². The lowest BCUT2D eigenvalue weighted by molar-refractivity contribution is 0.453. The molecule has 0 unspecified atom stereocenters. The van der Waals surface area contributed by atoms with Crippen molar-refractivity contribution < 1.29 is 5.11 Å². The Hall–Kier alpha value is -0.500. The lowest BCUT2D eigenvalue weighted by atomic mass is 10.1. The van der Waals surface area contributed by atoms with Crippen molar-refractivity contribution in [3.05, 3.63) is 11.8 Å². The molecular formula is C6H11NO. The molecule has 46 valence electrons. The summed E-state index contributed by atoms with van der Waals surface area (Å²) in [5, 5.41) is 11.6. The zero-order valence-corrected chi connectivity index (χ0v) is 4.85. The summed E-state index contributed by atoms with van der Waals surface area (Å²) in [4.78, 5) is 0. The average molecular weight is 113 g/mol. The number of aliphatic hydroxyl groups excluding tert-OH is 1. The van der Waals surface area contributed by atoms with Gasteiger partial charge in [0.2, 0.25) is 0 Å². The number of nitrogens with one attached hydrogen (secondary N) is 1. The van der Waals surface area contributed by atoms with Gasteiger partial charge in [0.05, 0.1) is 6.26 Å². The molecule has 0 aromatic heterocycles. The first kappa shape index (κ1) is 5.63. The molecule has 2 N–H and O–H groups in total. The Morgan fingerprint density at radius 2 is 2.50 bits per heavy atom. The van der Waals surface area contributed by atoms with E-state index in [1.165, 1.54) is 6.26 Å². The minimum atomic E-state index is 0.872. The minimum Gasteiger partial charge on any atom is -0.516 e. The van der Waals surface area contributed by atoms with Crippen molar-refractivity contribution in [2.24, 2.45) is 0 Å². The van der Waals surface area contributed by atoms with Gasteiger partial charge in [0.1, 0.15) is 0 Å². The predicted octanol–water partition coefficient (Wildman–Crippen LogP) is 0.812. The number of aliphatic hydroxyl groups is 1. The summed E-state index contributed by atoms with van der Waals surface area (Å²) in [6.07, 6.45) is 3.43. The Kier molecular flexibility index (Phi) is 1.92. The number of hydrogen-bond acceptors (Lipinski definition) is 2. The van der Waals surface area contributed by atoms with E-state index in [9.17, 15) is 0 Å². The summed E-state index contributed by atoms with van der Waals surface area (Å²) < 4.78 is 0. The van der Waals surface area contributed by atoms with Gasteiger partial charge in [0.25, 0.3) is 0 Å². The van der Waals surface area contributed by atoms with E-state index < -0.39 is 0 Å². The van der Waals surface area contributed by atoms with Crippen LogP contribution in [0.3, 0.4) is 0 Å². The third kappa shape index (κ3) is 1.23. The number of hydrogen-bond donors (Lipinski definition) is 2. The van der Waals surface area contributed by atoms with Crippen LogP contribution in [0, 0.1) is 0 Å². The minimum absolute atomic E-state index is 0.872. The Labute approximate surface area is 49.2 Å². The van der Waals surface area contributed by atoms with Crippen LogP contribution in [0.1, 0.15) is 12.8 Å². The van der Waals surface area contributed by atoms with Gasteiger partial charge in [-0.25, -0.2) is 0 Å². The normalized spacial score (nSPS) is 26.2. The van der Waals surface area contributed by atoms with E-state index in [4.69, 9.17) is 5.11 Å². The van der Waals surface area contributed by atoms with Crippen LogP contribution in [0.5, 0.6) is 0 Å². The van der Waals surface area contributed by atoms with Gasteiger partial charge in [-0.1, -0.05) is 0 Å². The van der Waals surface area contributed by atoms with Crippen LogP contribution in [0.4, 0.5) is 0 Å². The van der Waals surface area contributed by atoms with Gasteiger partial charge < -0.3 is 10.4 Å². The second-order valence-electron chi connectivity index (χ2n) is 2.07. The molecule has 0 spiro atoms. The molecule has 8 heavy (non-hydrogen) atoms. The monoisotopic (exact) mass is 113 g/mol. The molecule has 2 heteroatoms. The van der Waals surface area contributed by atoms with Gasteiger partial charge >= 0.3 is 0 Å².